The number of pyridine rings is 1. The van der Waals surface area contributed by atoms with E-state index >= 15 is 0 Å². The molecule has 3 heterocycles. The van der Waals surface area contributed by atoms with Crippen LogP contribution in [0.1, 0.15) is 42.7 Å². The lowest BCUT2D eigenvalue weighted by Crippen LogP contribution is -2.22. The molecular formula is C35H30N4OS. The molecule has 6 heteroatoms. The topological polar surface area (TPSA) is 59.8 Å². The van der Waals surface area contributed by atoms with E-state index < -0.39 is 0 Å². The van der Waals surface area contributed by atoms with Crippen LogP contribution in [0.3, 0.4) is 0 Å². The summed E-state index contributed by atoms with van der Waals surface area (Å²) in [4.78, 5) is 23.7. The van der Waals surface area contributed by atoms with Crippen LogP contribution in [-0.2, 0) is 0 Å². The van der Waals surface area contributed by atoms with Gasteiger partial charge in [0, 0.05) is 22.8 Å². The van der Waals surface area contributed by atoms with Gasteiger partial charge < -0.3 is 5.32 Å². The Morgan fingerprint density at radius 1 is 0.878 bits per heavy atom. The molecule has 0 aliphatic heterocycles. The number of thiophene rings is 1. The van der Waals surface area contributed by atoms with Gasteiger partial charge in [0.15, 0.2) is 5.65 Å². The second kappa shape index (κ2) is 10.8. The van der Waals surface area contributed by atoms with Crippen LogP contribution in [0.4, 0.5) is 11.6 Å². The van der Waals surface area contributed by atoms with Crippen molar-refractivity contribution in [1.82, 2.24) is 14.5 Å². The van der Waals surface area contributed by atoms with E-state index in [4.69, 9.17) is 4.98 Å². The summed E-state index contributed by atoms with van der Waals surface area (Å²) in [7, 11) is 0. The van der Waals surface area contributed by atoms with Crippen LogP contribution in [0.15, 0.2) is 107 Å². The quantitative estimate of drug-likeness (QED) is 0.223. The molecule has 202 valence electrons. The average Bonchev–Trinajstić information content (AvgIpc) is 3.74. The number of aryl methyl sites for hydroxylation is 1. The number of hydrogen-bond acceptors (Lipinski definition) is 5. The lowest BCUT2D eigenvalue weighted by Gasteiger charge is -2.15. The third-order valence-corrected chi connectivity index (χ3v) is 8.80. The minimum absolute atomic E-state index is 0.111. The van der Waals surface area contributed by atoms with Gasteiger partial charge in [-0.1, -0.05) is 61.4 Å². The molecule has 7 rings (SSSR count). The predicted octanol–water partition coefficient (Wildman–Crippen LogP) is 8.89. The Morgan fingerprint density at radius 2 is 1.68 bits per heavy atom. The molecule has 1 aliphatic carbocycles. The summed E-state index contributed by atoms with van der Waals surface area (Å²) < 4.78 is 1.70. The standard InChI is InChI=1S/C35H30N4OS/c1-23-19-26(27-17-18-41-22-27)13-16-31(23)32-20-28-21-36-35(37-29-14-11-25(12-15-29)24-7-5-6-8-24)38-33(28)39(34(32)40)30-9-3-2-4-10-30/h2-4,9-22,24H,5-8H2,1H3,(H,36,37,38). The van der Waals surface area contributed by atoms with E-state index in [2.05, 4.69) is 70.4 Å². The molecule has 0 amide bonds. The lowest BCUT2D eigenvalue weighted by molar-refractivity contribution is 0.723. The number of para-hydroxylation sites is 1. The maximum atomic E-state index is 14.2. The van der Waals surface area contributed by atoms with Gasteiger partial charge >= 0.3 is 0 Å². The number of aromatic nitrogens is 3. The van der Waals surface area contributed by atoms with Gasteiger partial charge in [0.2, 0.25) is 5.95 Å². The molecule has 0 unspecified atom stereocenters. The molecule has 0 radical (unpaired) electrons. The Bertz CT molecular complexity index is 1890. The van der Waals surface area contributed by atoms with Gasteiger partial charge in [-0.25, -0.2) is 4.98 Å². The van der Waals surface area contributed by atoms with Crippen molar-refractivity contribution in [1.29, 1.82) is 0 Å². The third kappa shape index (κ3) is 4.96. The predicted molar refractivity (Wildman–Crippen MR) is 170 cm³/mol. The van der Waals surface area contributed by atoms with Crippen LogP contribution in [0.5, 0.6) is 0 Å². The SMILES string of the molecule is Cc1cc(-c2ccsc2)ccc1-c1cc2cnc(Nc3ccc(C4CCCC4)cc3)nc2n(-c2ccccc2)c1=O. The van der Waals surface area contributed by atoms with Crippen LogP contribution in [-0.4, -0.2) is 14.5 Å². The molecule has 3 aromatic heterocycles. The van der Waals surface area contributed by atoms with Crippen LogP contribution in [0.2, 0.25) is 0 Å². The second-order valence-electron chi connectivity index (χ2n) is 10.8. The average molecular weight is 555 g/mol. The molecule has 5 nitrogen and oxygen atoms in total. The first-order valence-electron chi connectivity index (χ1n) is 14.1. The first-order chi connectivity index (χ1) is 20.1. The van der Waals surface area contributed by atoms with Crippen molar-refractivity contribution in [3.05, 3.63) is 123 Å². The van der Waals surface area contributed by atoms with E-state index in [-0.39, 0.29) is 5.56 Å². The van der Waals surface area contributed by atoms with Crippen molar-refractivity contribution in [3.63, 3.8) is 0 Å². The number of anilines is 2. The molecule has 0 bridgehead atoms. The Hall–Kier alpha value is -4.55. The van der Waals surface area contributed by atoms with Crippen LogP contribution in [0, 0.1) is 6.92 Å². The van der Waals surface area contributed by atoms with E-state index in [0.29, 0.717) is 23.1 Å². The van der Waals surface area contributed by atoms with Crippen molar-refractivity contribution in [2.45, 2.75) is 38.5 Å². The van der Waals surface area contributed by atoms with Gasteiger partial charge in [0.05, 0.1) is 5.69 Å². The number of fused-ring (bicyclic) bond motifs is 1. The summed E-state index contributed by atoms with van der Waals surface area (Å²) in [5.74, 6) is 1.13. The summed E-state index contributed by atoms with van der Waals surface area (Å²) in [6.07, 6.45) is 6.99. The minimum atomic E-state index is -0.111. The molecule has 41 heavy (non-hydrogen) atoms. The summed E-state index contributed by atoms with van der Waals surface area (Å²) in [5.41, 5.74) is 8.46. The summed E-state index contributed by atoms with van der Waals surface area (Å²) in [5, 5.41) is 8.37. The van der Waals surface area contributed by atoms with Crippen molar-refractivity contribution in [2.24, 2.45) is 0 Å². The molecule has 0 atom stereocenters. The van der Waals surface area contributed by atoms with Gasteiger partial charge in [-0.05, 0) is 101 Å². The zero-order valence-corrected chi connectivity index (χ0v) is 23.7. The maximum Gasteiger partial charge on any atom is 0.264 e. The highest BCUT2D eigenvalue weighted by Crippen LogP contribution is 2.35. The van der Waals surface area contributed by atoms with Crippen LogP contribution >= 0.6 is 11.3 Å². The van der Waals surface area contributed by atoms with Crippen LogP contribution < -0.4 is 10.9 Å². The Morgan fingerprint density at radius 3 is 2.41 bits per heavy atom. The highest BCUT2D eigenvalue weighted by Gasteiger charge is 2.18. The van der Waals surface area contributed by atoms with Gasteiger partial charge in [0.1, 0.15) is 0 Å². The van der Waals surface area contributed by atoms with Crippen molar-refractivity contribution in [3.8, 4) is 27.9 Å². The van der Waals surface area contributed by atoms with Gasteiger partial charge in [-0.15, -0.1) is 0 Å². The lowest BCUT2D eigenvalue weighted by atomic mass is 9.97. The van der Waals surface area contributed by atoms with Crippen molar-refractivity contribution < 1.29 is 0 Å². The summed E-state index contributed by atoms with van der Waals surface area (Å²) in [6, 6.07) is 28.6. The van der Waals surface area contributed by atoms with Gasteiger partial charge in [-0.2, -0.15) is 16.3 Å². The zero-order chi connectivity index (χ0) is 27.8. The molecule has 1 saturated carbocycles. The molecule has 1 N–H and O–H groups in total. The zero-order valence-electron chi connectivity index (χ0n) is 22.9. The Balaban J connectivity index is 1.30. The Labute approximate surface area is 243 Å². The van der Waals surface area contributed by atoms with E-state index in [1.54, 1.807) is 22.1 Å². The molecule has 3 aromatic carbocycles. The number of benzene rings is 3. The molecular weight excluding hydrogens is 524 g/mol. The molecule has 6 aromatic rings. The minimum Gasteiger partial charge on any atom is -0.324 e. The molecule has 1 aliphatic rings. The van der Waals surface area contributed by atoms with Gasteiger partial charge in [-0.3, -0.25) is 9.36 Å². The molecule has 0 spiro atoms. The fraction of sp³-hybridized carbons (Fsp3) is 0.171. The first-order valence-corrected chi connectivity index (χ1v) is 15.1. The fourth-order valence-corrected chi connectivity index (χ4v) is 6.63. The number of nitrogens with zero attached hydrogens (tertiary/aromatic N) is 3. The van der Waals surface area contributed by atoms with Crippen molar-refractivity contribution >= 4 is 34.0 Å². The first kappa shape index (κ1) is 25.4. The highest BCUT2D eigenvalue weighted by molar-refractivity contribution is 7.08. The molecule has 1 fully saturated rings. The largest absolute Gasteiger partial charge is 0.324 e. The van der Waals surface area contributed by atoms with E-state index in [1.165, 1.54) is 36.8 Å². The smallest absolute Gasteiger partial charge is 0.264 e. The highest BCUT2D eigenvalue weighted by atomic mass is 32.1. The number of rotatable bonds is 6. The summed E-state index contributed by atoms with van der Waals surface area (Å²) in [6.45, 7) is 2.06. The fourth-order valence-electron chi connectivity index (χ4n) is 5.97. The molecule has 0 saturated heterocycles. The Kier molecular flexibility index (Phi) is 6.69. The van der Waals surface area contributed by atoms with E-state index in [1.807, 2.05) is 42.5 Å². The normalized spacial score (nSPS) is 13.6. The van der Waals surface area contributed by atoms with E-state index in [9.17, 15) is 4.79 Å². The van der Waals surface area contributed by atoms with Crippen LogP contribution in [0.25, 0.3) is 39.0 Å². The summed E-state index contributed by atoms with van der Waals surface area (Å²) >= 11 is 1.68. The van der Waals surface area contributed by atoms with E-state index in [0.717, 1.165) is 33.5 Å². The number of hydrogen-bond donors (Lipinski definition) is 1. The monoisotopic (exact) mass is 554 g/mol. The second-order valence-corrected chi connectivity index (χ2v) is 11.6. The van der Waals surface area contributed by atoms with Crippen molar-refractivity contribution in [2.75, 3.05) is 5.32 Å². The number of nitrogens with one attached hydrogen (secondary N) is 1. The third-order valence-electron chi connectivity index (χ3n) is 8.12. The van der Waals surface area contributed by atoms with Gasteiger partial charge in [0.25, 0.3) is 5.56 Å². The maximum absolute atomic E-state index is 14.2.